The minimum Gasteiger partial charge on any atom is -0.479 e. The van der Waals surface area contributed by atoms with E-state index in [0.717, 1.165) is 72.3 Å². The molecule has 11 aromatic rings. The lowest BCUT2D eigenvalue weighted by Gasteiger charge is -2.35. The number of aromatic nitrogens is 12. The van der Waals surface area contributed by atoms with Crippen molar-refractivity contribution in [3.05, 3.63) is 201 Å². The third-order valence-electron chi connectivity index (χ3n) is 23.9. The van der Waals surface area contributed by atoms with E-state index in [-0.39, 0.29) is 125 Å². The van der Waals surface area contributed by atoms with E-state index in [1.807, 2.05) is 46.4 Å². The van der Waals surface area contributed by atoms with Gasteiger partial charge in [-0.15, -0.1) is 0 Å². The lowest BCUT2D eigenvalue weighted by Crippen LogP contribution is -2.46. The average Bonchev–Trinajstić information content (AvgIpc) is 0.787. The lowest BCUT2D eigenvalue weighted by molar-refractivity contribution is -0.151. The number of halogens is 17. The van der Waals surface area contributed by atoms with E-state index < -0.39 is 76.9 Å². The molecular weight excluding hydrogens is 1940 g/mol. The number of carbonyl (C=O) groups is 1. The molecule has 0 aliphatic carbocycles. The molecule has 8 fully saturated rings. The number of carboxylic acid groups (broad SMARTS) is 1. The first kappa shape index (κ1) is 102. The summed E-state index contributed by atoms with van der Waals surface area (Å²) in [5.74, 6) is 0.264. The quantitative estimate of drug-likeness (QED) is 0.0561. The maximum Gasteiger partial charge on any atom is 0.417 e. The number of alkyl halides is 15. The van der Waals surface area contributed by atoms with Crippen LogP contribution in [-0.2, 0) is 73.6 Å². The van der Waals surface area contributed by atoms with Crippen molar-refractivity contribution < 1.29 is 118 Å². The summed E-state index contributed by atoms with van der Waals surface area (Å²) in [6.45, 7) is 11.4. The molecule has 0 bridgehead atoms. The largest absolute Gasteiger partial charge is 0.479 e. The van der Waals surface area contributed by atoms with Gasteiger partial charge in [-0.3, -0.25) is 0 Å². The lowest BCUT2D eigenvalue weighted by atomic mass is 10.0. The Labute approximate surface area is 810 Å². The van der Waals surface area contributed by atoms with Crippen molar-refractivity contribution in [1.29, 1.82) is 0 Å². The van der Waals surface area contributed by atoms with Crippen molar-refractivity contribution in [2.24, 2.45) is 0 Å². The Balaban J connectivity index is 0.000000137. The molecule has 9 N–H and O–H groups in total. The molecule has 0 amide bonds. The van der Waals surface area contributed by atoms with Crippen LogP contribution in [0.4, 0.5) is 141 Å². The second kappa shape index (κ2) is 44.2. The molecule has 8 saturated heterocycles. The van der Waals surface area contributed by atoms with Crippen molar-refractivity contribution in [2.75, 3.05) is 246 Å². The van der Waals surface area contributed by atoms with Crippen LogP contribution >= 0.6 is 11.6 Å². The Morgan fingerprint density at radius 1 is 0.315 bits per heavy atom. The minimum atomic E-state index is -4.71. The van der Waals surface area contributed by atoms with Crippen LogP contribution < -0.4 is 62.1 Å². The zero-order valence-corrected chi connectivity index (χ0v) is 76.5. The number of carboxylic acids is 1. The van der Waals surface area contributed by atoms with Crippen LogP contribution in [0.5, 0.6) is 0 Å². The Kier molecular flexibility index (Phi) is 31.6. The predicted octanol–water partition coefficient (Wildman–Crippen LogP) is 13.7. The van der Waals surface area contributed by atoms with Crippen molar-refractivity contribution >= 4 is 87.9 Å². The van der Waals surface area contributed by atoms with E-state index in [9.17, 15) is 80.1 Å². The third-order valence-corrected chi connectivity index (χ3v) is 24.2. The van der Waals surface area contributed by atoms with E-state index in [2.05, 4.69) is 49.8 Å². The number of benzene rings is 3. The van der Waals surface area contributed by atoms with E-state index >= 15 is 0 Å². The Morgan fingerprint density at radius 3 is 0.818 bits per heavy atom. The van der Waals surface area contributed by atoms with Gasteiger partial charge in [0.2, 0.25) is 23.8 Å². The van der Waals surface area contributed by atoms with Gasteiger partial charge in [-0.2, -0.15) is 85.8 Å². The van der Waals surface area contributed by atoms with E-state index in [1.54, 1.807) is 35.2 Å². The minimum absolute atomic E-state index is 0.000450. The standard InChI is InChI=1S/C25H24F6N6O2.C24H24ClF3N6O2.C24H24F4N6O2.C19H21F3N6O4/c26-24(27,28)16-3-1-15(2-4-16)20-14-37(7-10-39-20)22-12-19(34-23(35-22)36-5-8-38-9-6-36)17-13-33-21(32)11-18(17)25(29,30)31;2*25-16-3-1-15(2-4-16)20-14-34(7-10-36-20)22-12-19(31-23(32-22)33-5-8-35-9-6-33)17-13-30-21(29)11-18(17)24(26,27)28;20-19(21,22)12-7-15(23)24-9-11(12)13-8-16(28-3-6-32-14(10-28)17(29)30)26-18(25-13)27-1-4-31-5-2-27/h1-4,11-13,20H,5-10,14H2,(H2,32,33);2*1-4,11-13,20H,5-10,14H2,(H2,29,30);7-9,14H,1-6,10H2,(H2,23,24)(H,29,30). The molecule has 19 rings (SSSR count). The number of pyridine rings is 4. The zero-order chi connectivity index (χ0) is 101. The number of hydrogen-bond donors (Lipinski definition) is 5. The highest BCUT2D eigenvalue weighted by molar-refractivity contribution is 6.30. The topological polar surface area (TPSA) is 396 Å². The van der Waals surface area contributed by atoms with Gasteiger partial charge in [0, 0.05) is 175 Å². The highest BCUT2D eigenvalue weighted by Crippen LogP contribution is 2.46. The first-order valence-electron chi connectivity index (χ1n) is 44.8. The summed E-state index contributed by atoms with van der Waals surface area (Å²) in [6, 6.07) is 27.2. The summed E-state index contributed by atoms with van der Waals surface area (Å²) in [4.78, 5) is 78.1. The van der Waals surface area contributed by atoms with Crippen molar-refractivity contribution in [3.63, 3.8) is 0 Å². The van der Waals surface area contributed by atoms with Gasteiger partial charge in [0.15, 0.2) is 6.10 Å². The molecule has 16 heterocycles. The van der Waals surface area contributed by atoms with E-state index in [4.69, 9.17) is 82.4 Å². The molecule has 143 heavy (non-hydrogen) atoms. The van der Waals surface area contributed by atoms with Gasteiger partial charge in [-0.25, -0.2) is 49.1 Å². The number of nitrogens with zero attached hydrogens (tertiary/aromatic N) is 20. The number of anilines is 12. The highest BCUT2D eigenvalue weighted by Gasteiger charge is 2.42. The molecule has 8 aliphatic rings. The van der Waals surface area contributed by atoms with Crippen LogP contribution in [0.15, 0.2) is 146 Å². The molecule has 760 valence electrons. The molecule has 4 atom stereocenters. The number of hydrogen-bond acceptors (Lipinski definition) is 33. The third kappa shape index (κ3) is 25.8. The van der Waals surface area contributed by atoms with Gasteiger partial charge in [0.25, 0.3) is 0 Å². The van der Waals surface area contributed by atoms with Gasteiger partial charge >= 0.3 is 36.9 Å². The van der Waals surface area contributed by atoms with Crippen LogP contribution in [0.2, 0.25) is 5.02 Å². The Morgan fingerprint density at radius 2 is 0.559 bits per heavy atom. The van der Waals surface area contributed by atoms with Gasteiger partial charge in [-0.1, -0.05) is 48.0 Å². The van der Waals surface area contributed by atoms with Gasteiger partial charge < -0.3 is 105 Å². The number of nitrogen functional groups attached to an aromatic ring is 4. The van der Waals surface area contributed by atoms with Crippen LogP contribution in [0.1, 0.15) is 62.8 Å². The van der Waals surface area contributed by atoms with Gasteiger partial charge in [-0.05, 0) is 77.4 Å². The number of morpholine rings is 8. The maximum atomic E-state index is 13.9. The maximum absolute atomic E-state index is 13.9. The summed E-state index contributed by atoms with van der Waals surface area (Å²) < 4.78 is 263. The molecule has 0 saturated carbocycles. The summed E-state index contributed by atoms with van der Waals surface area (Å²) >= 11 is 6.02. The second-order valence-corrected chi connectivity index (χ2v) is 33.9. The molecule has 8 aliphatic heterocycles. The molecule has 34 nitrogen and oxygen atoms in total. The fourth-order valence-electron chi connectivity index (χ4n) is 16.6. The smallest absolute Gasteiger partial charge is 0.417 e. The average molecular weight is 2030 g/mol. The van der Waals surface area contributed by atoms with E-state index in [0.29, 0.717) is 203 Å². The Bertz CT molecular complexity index is 6050. The molecule has 8 aromatic heterocycles. The first-order valence-corrected chi connectivity index (χ1v) is 45.2. The summed E-state index contributed by atoms with van der Waals surface area (Å²) in [7, 11) is 0. The summed E-state index contributed by atoms with van der Waals surface area (Å²) in [5, 5.41) is 9.92. The van der Waals surface area contributed by atoms with Crippen molar-refractivity contribution in [2.45, 2.75) is 55.3 Å². The SMILES string of the molecule is Nc1cc(C(F)(F)F)c(-c2cc(N3CCOC(C(=O)O)C3)nc(N3CCOCC3)n2)cn1.Nc1cc(C(F)(F)F)c(-c2cc(N3CCOC(c4ccc(C(F)(F)F)cc4)C3)nc(N3CCOCC3)n2)cn1.Nc1cc(C(F)(F)F)c(-c2cc(N3CCOC(c4ccc(Cl)cc4)C3)nc(N3CCOCC3)n2)cn1.Nc1cc(C(F)(F)F)c(-c2cc(N3CCOC(c4ccc(F)cc4)C3)nc(N3CCOCC3)n2)cn1. The van der Waals surface area contributed by atoms with E-state index in [1.165, 1.54) is 42.5 Å². The fraction of sp³-hybridized carbons (Fsp3) is 0.402. The van der Waals surface area contributed by atoms with Crippen LogP contribution in [0.3, 0.4) is 0 Å². The van der Waals surface area contributed by atoms with Crippen LogP contribution in [0, 0.1) is 5.82 Å². The predicted molar refractivity (Wildman–Crippen MR) is 492 cm³/mol. The van der Waals surface area contributed by atoms with Crippen LogP contribution in [-0.4, -0.2) is 261 Å². The molecule has 0 spiro atoms. The molecule has 3 aromatic carbocycles. The van der Waals surface area contributed by atoms with Crippen LogP contribution in [0.25, 0.3) is 45.0 Å². The second-order valence-electron chi connectivity index (χ2n) is 33.4. The number of ether oxygens (including phenoxy) is 8. The first-order chi connectivity index (χ1) is 68.3. The summed E-state index contributed by atoms with van der Waals surface area (Å²) in [6.07, 6.45) is -21.1. The zero-order valence-electron chi connectivity index (χ0n) is 75.8. The van der Waals surface area contributed by atoms with Gasteiger partial charge in [0.05, 0.1) is 136 Å². The molecule has 51 heteroatoms. The summed E-state index contributed by atoms with van der Waals surface area (Å²) in [5.41, 5.74) is 19.4. The van der Waals surface area contributed by atoms with Crippen molar-refractivity contribution in [3.8, 4) is 45.0 Å². The number of aliphatic carboxylic acids is 1. The highest BCUT2D eigenvalue weighted by atomic mass is 35.5. The molecule has 0 radical (unpaired) electrons. The number of rotatable bonds is 16. The van der Waals surface area contributed by atoms with Crippen molar-refractivity contribution in [1.82, 2.24) is 59.8 Å². The number of nitrogens with two attached hydrogens (primary N) is 4. The molecule has 4 unspecified atom stereocenters. The normalized spacial score (nSPS) is 19.1. The van der Waals surface area contributed by atoms with Gasteiger partial charge in [0.1, 0.15) is 70.7 Å². The Hall–Kier alpha value is -13.5. The monoisotopic (exact) mass is 2030 g/mol. The fourth-order valence-corrected chi connectivity index (χ4v) is 16.7. The molecular formula is C92H93ClF16N24O10.